The first-order chi connectivity index (χ1) is 9.69. The second-order valence-electron chi connectivity index (χ2n) is 6.00. The second kappa shape index (κ2) is 7.53. The van der Waals surface area contributed by atoms with Gasteiger partial charge in [-0.25, -0.2) is 0 Å². The Labute approximate surface area is 122 Å². The molecule has 1 unspecified atom stereocenters. The largest absolute Gasteiger partial charge is 0.497 e. The van der Waals surface area contributed by atoms with Gasteiger partial charge in [0.05, 0.1) is 13.7 Å². The van der Waals surface area contributed by atoms with Crippen LogP contribution in [0.5, 0.6) is 11.5 Å². The summed E-state index contributed by atoms with van der Waals surface area (Å²) in [5.74, 6) is 3.17. The van der Waals surface area contributed by atoms with Crippen molar-refractivity contribution in [1.29, 1.82) is 0 Å². The molecule has 0 saturated heterocycles. The van der Waals surface area contributed by atoms with Gasteiger partial charge in [-0.15, -0.1) is 0 Å². The van der Waals surface area contributed by atoms with Gasteiger partial charge in [0.25, 0.3) is 0 Å². The standard InChI is InChI=1S/C17H27NO2/c1-13(2)14(12-18-15-4-5-15)10-11-20-17-8-6-16(19-3)7-9-17/h6-9,13-15,18H,4-5,10-12H2,1-3H3. The molecule has 1 aromatic carbocycles. The minimum Gasteiger partial charge on any atom is -0.497 e. The van der Waals surface area contributed by atoms with E-state index in [9.17, 15) is 0 Å². The van der Waals surface area contributed by atoms with Crippen molar-refractivity contribution >= 4 is 0 Å². The van der Waals surface area contributed by atoms with Crippen LogP contribution in [0.25, 0.3) is 0 Å². The highest BCUT2D eigenvalue weighted by atomic mass is 16.5. The first-order valence-corrected chi connectivity index (χ1v) is 7.69. The Hall–Kier alpha value is -1.22. The first-order valence-electron chi connectivity index (χ1n) is 7.69. The van der Waals surface area contributed by atoms with Gasteiger partial charge in [0.15, 0.2) is 0 Å². The molecule has 1 saturated carbocycles. The van der Waals surface area contributed by atoms with Crippen LogP contribution in [-0.4, -0.2) is 26.3 Å². The summed E-state index contributed by atoms with van der Waals surface area (Å²) >= 11 is 0. The van der Waals surface area contributed by atoms with Crippen LogP contribution in [0.3, 0.4) is 0 Å². The Bertz CT molecular complexity index is 384. The van der Waals surface area contributed by atoms with Gasteiger partial charge in [-0.2, -0.15) is 0 Å². The summed E-state index contributed by atoms with van der Waals surface area (Å²) in [6.07, 6.45) is 3.81. The molecule has 0 bridgehead atoms. The summed E-state index contributed by atoms with van der Waals surface area (Å²) in [7, 11) is 1.68. The zero-order valence-corrected chi connectivity index (χ0v) is 12.9. The van der Waals surface area contributed by atoms with Gasteiger partial charge in [-0.1, -0.05) is 13.8 Å². The molecule has 2 rings (SSSR count). The molecular formula is C17H27NO2. The summed E-state index contributed by atoms with van der Waals surface area (Å²) in [6.45, 7) is 6.50. The normalized spacial score (nSPS) is 16.2. The van der Waals surface area contributed by atoms with E-state index in [1.165, 1.54) is 12.8 Å². The molecular weight excluding hydrogens is 250 g/mol. The lowest BCUT2D eigenvalue weighted by molar-refractivity contribution is 0.243. The average Bonchev–Trinajstić information content (AvgIpc) is 3.27. The summed E-state index contributed by atoms with van der Waals surface area (Å²) in [5, 5.41) is 3.63. The molecule has 112 valence electrons. The Morgan fingerprint density at radius 2 is 1.80 bits per heavy atom. The van der Waals surface area contributed by atoms with E-state index in [-0.39, 0.29) is 0 Å². The smallest absolute Gasteiger partial charge is 0.119 e. The van der Waals surface area contributed by atoms with Gasteiger partial charge in [0, 0.05) is 6.04 Å². The van der Waals surface area contributed by atoms with Crippen LogP contribution in [0.4, 0.5) is 0 Å². The molecule has 1 fully saturated rings. The maximum atomic E-state index is 5.83. The van der Waals surface area contributed by atoms with Gasteiger partial charge in [0.2, 0.25) is 0 Å². The zero-order valence-electron chi connectivity index (χ0n) is 12.9. The summed E-state index contributed by atoms with van der Waals surface area (Å²) in [5.41, 5.74) is 0. The predicted molar refractivity (Wildman–Crippen MR) is 82.5 cm³/mol. The Morgan fingerprint density at radius 3 is 2.35 bits per heavy atom. The van der Waals surface area contributed by atoms with E-state index in [1.807, 2.05) is 24.3 Å². The highest BCUT2D eigenvalue weighted by Crippen LogP contribution is 2.22. The molecule has 3 nitrogen and oxygen atoms in total. The van der Waals surface area contributed by atoms with Crippen molar-refractivity contribution in [1.82, 2.24) is 5.32 Å². The molecule has 0 aliphatic heterocycles. The maximum Gasteiger partial charge on any atom is 0.119 e. The van der Waals surface area contributed by atoms with E-state index in [0.29, 0.717) is 11.8 Å². The minimum absolute atomic E-state index is 0.689. The van der Waals surface area contributed by atoms with Crippen LogP contribution in [-0.2, 0) is 0 Å². The van der Waals surface area contributed by atoms with Gasteiger partial charge >= 0.3 is 0 Å². The van der Waals surface area contributed by atoms with E-state index in [4.69, 9.17) is 9.47 Å². The van der Waals surface area contributed by atoms with Crippen LogP contribution in [0.2, 0.25) is 0 Å². The summed E-state index contributed by atoms with van der Waals surface area (Å²) in [4.78, 5) is 0. The molecule has 1 aromatic rings. The lowest BCUT2D eigenvalue weighted by atomic mass is 9.93. The number of methoxy groups -OCH3 is 1. The quantitative estimate of drug-likeness (QED) is 0.749. The SMILES string of the molecule is COc1ccc(OCCC(CNC2CC2)C(C)C)cc1. The molecule has 0 amide bonds. The molecule has 3 heteroatoms. The molecule has 0 heterocycles. The lowest BCUT2D eigenvalue weighted by Gasteiger charge is -2.21. The Balaban J connectivity index is 1.70. The fraction of sp³-hybridized carbons (Fsp3) is 0.647. The molecule has 1 N–H and O–H groups in total. The van der Waals surface area contributed by atoms with E-state index < -0.39 is 0 Å². The third kappa shape index (κ3) is 5.04. The molecule has 1 aliphatic rings. The van der Waals surface area contributed by atoms with Gasteiger partial charge in [0.1, 0.15) is 11.5 Å². The fourth-order valence-electron chi connectivity index (χ4n) is 2.28. The third-order valence-electron chi connectivity index (χ3n) is 4.01. The monoisotopic (exact) mass is 277 g/mol. The van der Waals surface area contributed by atoms with Crippen molar-refractivity contribution in [2.75, 3.05) is 20.3 Å². The van der Waals surface area contributed by atoms with Crippen LogP contribution >= 0.6 is 0 Å². The van der Waals surface area contributed by atoms with E-state index in [1.54, 1.807) is 7.11 Å². The highest BCUT2D eigenvalue weighted by Gasteiger charge is 2.22. The molecule has 0 aromatic heterocycles. The molecule has 0 spiro atoms. The first kappa shape index (κ1) is 15.2. The van der Waals surface area contributed by atoms with E-state index in [0.717, 1.165) is 37.1 Å². The topological polar surface area (TPSA) is 30.5 Å². The lowest BCUT2D eigenvalue weighted by Crippen LogP contribution is -2.29. The molecule has 20 heavy (non-hydrogen) atoms. The van der Waals surface area contributed by atoms with Crippen LogP contribution in [0.15, 0.2) is 24.3 Å². The average molecular weight is 277 g/mol. The number of hydrogen-bond acceptors (Lipinski definition) is 3. The number of benzene rings is 1. The second-order valence-corrected chi connectivity index (χ2v) is 6.00. The van der Waals surface area contributed by atoms with Crippen molar-refractivity contribution in [3.63, 3.8) is 0 Å². The van der Waals surface area contributed by atoms with Crippen molar-refractivity contribution in [2.24, 2.45) is 11.8 Å². The van der Waals surface area contributed by atoms with Crippen LogP contribution < -0.4 is 14.8 Å². The van der Waals surface area contributed by atoms with Crippen molar-refractivity contribution < 1.29 is 9.47 Å². The predicted octanol–water partition coefficient (Wildman–Crippen LogP) is 3.49. The van der Waals surface area contributed by atoms with Crippen molar-refractivity contribution in [3.8, 4) is 11.5 Å². The Kier molecular flexibility index (Phi) is 5.72. The third-order valence-corrected chi connectivity index (χ3v) is 4.01. The highest BCUT2D eigenvalue weighted by molar-refractivity contribution is 5.31. The Morgan fingerprint density at radius 1 is 1.15 bits per heavy atom. The number of nitrogens with one attached hydrogen (secondary N) is 1. The summed E-state index contributed by atoms with van der Waals surface area (Å²) < 4.78 is 11.0. The van der Waals surface area contributed by atoms with Crippen LogP contribution in [0, 0.1) is 11.8 Å². The van der Waals surface area contributed by atoms with Gasteiger partial charge in [-0.05, 0) is 61.9 Å². The summed E-state index contributed by atoms with van der Waals surface area (Å²) in [6, 6.07) is 8.59. The minimum atomic E-state index is 0.689. The van der Waals surface area contributed by atoms with Crippen LogP contribution in [0.1, 0.15) is 33.1 Å². The number of hydrogen-bond donors (Lipinski definition) is 1. The number of rotatable bonds is 9. The zero-order chi connectivity index (χ0) is 14.4. The molecule has 1 atom stereocenters. The van der Waals surface area contributed by atoms with E-state index in [2.05, 4.69) is 19.2 Å². The fourth-order valence-corrected chi connectivity index (χ4v) is 2.28. The maximum absolute atomic E-state index is 5.83. The van der Waals surface area contributed by atoms with Gasteiger partial charge < -0.3 is 14.8 Å². The molecule has 1 aliphatic carbocycles. The molecule has 0 radical (unpaired) electrons. The van der Waals surface area contributed by atoms with Crippen molar-refractivity contribution in [3.05, 3.63) is 24.3 Å². The number of ether oxygens (including phenoxy) is 2. The van der Waals surface area contributed by atoms with E-state index >= 15 is 0 Å². The van der Waals surface area contributed by atoms with Gasteiger partial charge in [-0.3, -0.25) is 0 Å². The van der Waals surface area contributed by atoms with Crippen molar-refractivity contribution in [2.45, 2.75) is 39.2 Å².